The van der Waals surface area contributed by atoms with E-state index in [2.05, 4.69) is 4.98 Å². The van der Waals surface area contributed by atoms with Gasteiger partial charge in [-0.2, -0.15) is 0 Å². The van der Waals surface area contributed by atoms with Gasteiger partial charge in [-0.25, -0.2) is 9.78 Å². The molecule has 2 N–H and O–H groups in total. The minimum absolute atomic E-state index is 0.0146. The number of hydrogen-bond donors (Lipinski definition) is 2. The molecule has 3 aromatic rings. The summed E-state index contributed by atoms with van der Waals surface area (Å²) in [4.78, 5) is 15.9. The molecule has 0 amide bonds. The van der Waals surface area contributed by atoms with Crippen molar-refractivity contribution in [2.45, 2.75) is 0 Å². The molecule has 0 bridgehead atoms. The fourth-order valence-electron chi connectivity index (χ4n) is 2.27. The maximum absolute atomic E-state index is 11.4. The summed E-state index contributed by atoms with van der Waals surface area (Å²) in [5.41, 5.74) is 2.14. The number of hydrogen-bond acceptors (Lipinski definition) is 3. The molecular weight excluding hydrogens is 314 g/mol. The number of aromatic carboxylic acids is 1. The number of aromatic hydroxyl groups is 1. The van der Waals surface area contributed by atoms with Crippen LogP contribution < -0.4 is 0 Å². The lowest BCUT2D eigenvalue weighted by molar-refractivity contribution is 0.0699. The first-order valence-corrected chi connectivity index (χ1v) is 7.22. The number of halogens is 1. The Bertz CT molecular complexity index is 935. The first kappa shape index (κ1) is 15.1. The van der Waals surface area contributed by atoms with Crippen molar-refractivity contribution in [3.05, 3.63) is 70.4 Å². The van der Waals surface area contributed by atoms with Crippen LogP contribution in [0.2, 0.25) is 5.02 Å². The SMILES string of the molecule is O=C(O)c1cc(/C=C/c2ccc(O)c(Cl)c2)nc2ccccc12. The molecule has 0 aliphatic heterocycles. The van der Waals surface area contributed by atoms with Crippen LogP contribution in [0.1, 0.15) is 21.6 Å². The number of carbonyl (C=O) groups is 1. The second-order valence-electron chi connectivity index (χ2n) is 4.96. The van der Waals surface area contributed by atoms with Gasteiger partial charge in [0.1, 0.15) is 5.75 Å². The normalized spacial score (nSPS) is 11.2. The molecule has 3 rings (SSSR count). The fraction of sp³-hybridized carbons (Fsp3) is 0. The van der Waals surface area contributed by atoms with E-state index in [0.717, 1.165) is 5.56 Å². The second kappa shape index (κ2) is 6.10. The molecule has 0 radical (unpaired) electrons. The largest absolute Gasteiger partial charge is 0.506 e. The first-order chi connectivity index (χ1) is 11.0. The number of rotatable bonds is 3. The van der Waals surface area contributed by atoms with Crippen molar-refractivity contribution in [2.75, 3.05) is 0 Å². The minimum Gasteiger partial charge on any atom is -0.506 e. The monoisotopic (exact) mass is 325 g/mol. The number of carboxylic acid groups (broad SMARTS) is 1. The molecule has 5 heteroatoms. The first-order valence-electron chi connectivity index (χ1n) is 6.84. The highest BCUT2D eigenvalue weighted by Crippen LogP contribution is 2.25. The van der Waals surface area contributed by atoms with Crippen LogP contribution in [0.3, 0.4) is 0 Å². The molecular formula is C18H12ClNO3. The maximum atomic E-state index is 11.4. The zero-order chi connectivity index (χ0) is 16.4. The zero-order valence-corrected chi connectivity index (χ0v) is 12.7. The molecule has 0 aliphatic carbocycles. The number of phenols is 1. The number of benzene rings is 2. The Morgan fingerprint density at radius 3 is 2.61 bits per heavy atom. The molecule has 0 aliphatic rings. The van der Waals surface area contributed by atoms with Crippen LogP contribution in [0, 0.1) is 0 Å². The zero-order valence-electron chi connectivity index (χ0n) is 11.9. The van der Waals surface area contributed by atoms with Crippen molar-refractivity contribution in [2.24, 2.45) is 0 Å². The van der Waals surface area contributed by atoms with E-state index in [1.54, 1.807) is 42.5 Å². The van der Waals surface area contributed by atoms with Crippen LogP contribution in [-0.2, 0) is 0 Å². The molecule has 2 aromatic carbocycles. The lowest BCUT2D eigenvalue weighted by atomic mass is 10.1. The summed E-state index contributed by atoms with van der Waals surface area (Å²) in [5, 5.41) is 19.6. The van der Waals surface area contributed by atoms with Gasteiger partial charge in [0.25, 0.3) is 0 Å². The Balaban J connectivity index is 2.04. The number of pyridine rings is 1. The Morgan fingerprint density at radius 1 is 1.09 bits per heavy atom. The number of nitrogens with zero attached hydrogens (tertiary/aromatic N) is 1. The smallest absolute Gasteiger partial charge is 0.336 e. The van der Waals surface area contributed by atoms with Crippen LogP contribution in [0.5, 0.6) is 5.75 Å². The lowest BCUT2D eigenvalue weighted by Crippen LogP contribution is -2.00. The van der Waals surface area contributed by atoms with Gasteiger partial charge < -0.3 is 10.2 Å². The van der Waals surface area contributed by atoms with Crippen molar-refractivity contribution in [3.63, 3.8) is 0 Å². The lowest BCUT2D eigenvalue weighted by Gasteiger charge is -2.04. The average Bonchev–Trinajstić information content (AvgIpc) is 2.55. The standard InChI is InChI=1S/C18H12ClNO3/c19-15-9-11(6-8-17(15)21)5-7-12-10-14(18(22)23)13-3-1-2-4-16(13)20-12/h1-10,21H,(H,22,23)/b7-5+. The molecule has 0 fully saturated rings. The topological polar surface area (TPSA) is 70.4 Å². The van der Waals surface area contributed by atoms with Crippen molar-refractivity contribution in [1.29, 1.82) is 0 Å². The summed E-state index contributed by atoms with van der Waals surface area (Å²) in [5.74, 6) is -0.980. The van der Waals surface area contributed by atoms with Crippen LogP contribution in [0.4, 0.5) is 0 Å². The van der Waals surface area contributed by atoms with E-state index in [4.69, 9.17) is 11.6 Å². The molecule has 1 heterocycles. The van der Waals surface area contributed by atoms with E-state index in [-0.39, 0.29) is 16.3 Å². The third kappa shape index (κ3) is 3.17. The van der Waals surface area contributed by atoms with Crippen LogP contribution in [0.25, 0.3) is 23.1 Å². The third-order valence-electron chi connectivity index (χ3n) is 3.38. The number of phenolic OH excluding ortho intramolecular Hbond substituents is 1. The van der Waals surface area contributed by atoms with Gasteiger partial charge in [-0.1, -0.05) is 41.9 Å². The minimum atomic E-state index is -0.995. The molecule has 23 heavy (non-hydrogen) atoms. The summed E-state index contributed by atoms with van der Waals surface area (Å²) in [6.45, 7) is 0. The number of para-hydroxylation sites is 1. The van der Waals surface area contributed by atoms with Gasteiger partial charge in [0.15, 0.2) is 0 Å². The number of aromatic nitrogens is 1. The summed E-state index contributed by atoms with van der Waals surface area (Å²) in [6, 6.07) is 13.5. The molecule has 0 atom stereocenters. The Labute approximate surface area is 137 Å². The van der Waals surface area contributed by atoms with Crippen molar-refractivity contribution >= 4 is 40.6 Å². The summed E-state index contributed by atoms with van der Waals surface area (Å²) in [6.07, 6.45) is 3.47. The Morgan fingerprint density at radius 2 is 1.87 bits per heavy atom. The fourth-order valence-corrected chi connectivity index (χ4v) is 2.46. The highest BCUT2D eigenvalue weighted by atomic mass is 35.5. The van der Waals surface area contributed by atoms with Crippen LogP contribution in [0.15, 0.2) is 48.5 Å². The van der Waals surface area contributed by atoms with Crippen LogP contribution in [-0.4, -0.2) is 21.2 Å². The third-order valence-corrected chi connectivity index (χ3v) is 3.69. The highest BCUT2D eigenvalue weighted by molar-refractivity contribution is 6.32. The Kier molecular flexibility index (Phi) is 4.00. The quantitative estimate of drug-likeness (QED) is 0.745. The van der Waals surface area contributed by atoms with Gasteiger partial charge in [0.05, 0.1) is 21.8 Å². The Hall–Kier alpha value is -2.85. The predicted molar refractivity (Wildman–Crippen MR) is 90.7 cm³/mol. The number of fused-ring (bicyclic) bond motifs is 1. The molecule has 1 aromatic heterocycles. The van der Waals surface area contributed by atoms with Crippen LogP contribution >= 0.6 is 11.6 Å². The molecule has 0 saturated carbocycles. The van der Waals surface area contributed by atoms with E-state index < -0.39 is 5.97 Å². The number of carboxylic acids is 1. The van der Waals surface area contributed by atoms with Crippen molar-refractivity contribution in [1.82, 2.24) is 4.98 Å². The molecule has 114 valence electrons. The van der Waals surface area contributed by atoms with Gasteiger partial charge in [-0.3, -0.25) is 0 Å². The van der Waals surface area contributed by atoms with Crippen molar-refractivity contribution in [3.8, 4) is 5.75 Å². The summed E-state index contributed by atoms with van der Waals surface area (Å²) in [7, 11) is 0. The summed E-state index contributed by atoms with van der Waals surface area (Å²) < 4.78 is 0. The second-order valence-corrected chi connectivity index (χ2v) is 5.37. The molecule has 0 unspecified atom stereocenters. The predicted octanol–water partition coefficient (Wildman–Crippen LogP) is 4.46. The maximum Gasteiger partial charge on any atom is 0.336 e. The molecule has 4 nitrogen and oxygen atoms in total. The van der Waals surface area contributed by atoms with E-state index in [9.17, 15) is 15.0 Å². The average molecular weight is 326 g/mol. The molecule has 0 saturated heterocycles. The molecule has 0 spiro atoms. The van der Waals surface area contributed by atoms with Gasteiger partial charge >= 0.3 is 5.97 Å². The van der Waals surface area contributed by atoms with E-state index in [1.165, 1.54) is 12.1 Å². The summed E-state index contributed by atoms with van der Waals surface area (Å²) >= 11 is 5.86. The van der Waals surface area contributed by atoms with E-state index in [0.29, 0.717) is 16.6 Å². The van der Waals surface area contributed by atoms with Gasteiger partial charge in [-0.05, 0) is 35.9 Å². The van der Waals surface area contributed by atoms with Gasteiger partial charge in [0, 0.05) is 5.39 Å². The van der Waals surface area contributed by atoms with E-state index in [1.807, 2.05) is 6.07 Å². The van der Waals surface area contributed by atoms with Crippen molar-refractivity contribution < 1.29 is 15.0 Å². The van der Waals surface area contributed by atoms with Gasteiger partial charge in [-0.15, -0.1) is 0 Å². The highest BCUT2D eigenvalue weighted by Gasteiger charge is 2.10. The van der Waals surface area contributed by atoms with E-state index >= 15 is 0 Å². The van der Waals surface area contributed by atoms with Gasteiger partial charge in [0.2, 0.25) is 0 Å².